The van der Waals surface area contributed by atoms with Gasteiger partial charge in [0.05, 0.1) is 33.0 Å². The quantitative estimate of drug-likeness (QED) is 0.195. The van der Waals surface area contributed by atoms with Gasteiger partial charge < -0.3 is 0 Å². The molecular weight excluding hydrogens is 606 g/mol. The molecule has 0 aliphatic carbocycles. The van der Waals surface area contributed by atoms with Gasteiger partial charge in [-0.25, -0.2) is 4.98 Å². The molecule has 0 amide bonds. The molecular formula is C41H25N7O. The molecule has 6 aromatic carbocycles. The molecule has 0 N–H and O–H groups in total. The molecule has 8 heteroatoms. The first-order valence-electron chi connectivity index (χ1n) is 16.0. The van der Waals surface area contributed by atoms with Gasteiger partial charge in [-0.15, -0.1) is 0 Å². The van der Waals surface area contributed by atoms with E-state index >= 15 is 0 Å². The zero-order valence-electron chi connectivity index (χ0n) is 26.0. The normalized spacial score (nSPS) is 11.8. The highest BCUT2D eigenvalue weighted by Gasteiger charge is 2.22. The van der Waals surface area contributed by atoms with Crippen LogP contribution in [-0.4, -0.2) is 33.5 Å². The number of benzene rings is 6. The van der Waals surface area contributed by atoms with Gasteiger partial charge in [0.25, 0.3) is 5.56 Å². The molecule has 4 aromatic heterocycles. The van der Waals surface area contributed by atoms with E-state index < -0.39 is 0 Å². The molecule has 0 atom stereocenters. The number of para-hydroxylation sites is 3. The third-order valence-electron chi connectivity index (χ3n) is 9.13. The van der Waals surface area contributed by atoms with Crippen molar-refractivity contribution in [1.82, 2.24) is 33.5 Å². The molecule has 10 aromatic rings. The van der Waals surface area contributed by atoms with Gasteiger partial charge in [-0.1, -0.05) is 109 Å². The van der Waals surface area contributed by atoms with Gasteiger partial charge in [0.2, 0.25) is 11.7 Å². The summed E-state index contributed by atoms with van der Waals surface area (Å²) in [4.78, 5) is 33.2. The second kappa shape index (κ2) is 10.5. The molecule has 0 radical (unpaired) electrons. The summed E-state index contributed by atoms with van der Waals surface area (Å²) in [5, 5.41) is 2.66. The SMILES string of the molecule is O=c1nc2n(-c3ccccc3)c3cc4c(cc3n2c2ccccc12)c1ccccc1n4-c1nc(-c2ccccc2)nc(-c2ccccc2)n1. The van der Waals surface area contributed by atoms with Gasteiger partial charge in [0, 0.05) is 27.6 Å². The molecule has 0 bridgehead atoms. The smallest absolute Gasteiger partial charge is 0.278 e. The van der Waals surface area contributed by atoms with E-state index in [1.54, 1.807) is 0 Å². The summed E-state index contributed by atoms with van der Waals surface area (Å²) < 4.78 is 6.27. The van der Waals surface area contributed by atoms with E-state index in [9.17, 15) is 4.79 Å². The lowest BCUT2D eigenvalue weighted by Gasteiger charge is -2.11. The summed E-state index contributed by atoms with van der Waals surface area (Å²) >= 11 is 0. The zero-order valence-corrected chi connectivity index (χ0v) is 26.0. The van der Waals surface area contributed by atoms with Crippen molar-refractivity contribution in [1.29, 1.82) is 0 Å². The van der Waals surface area contributed by atoms with Crippen molar-refractivity contribution in [3.8, 4) is 34.4 Å². The summed E-state index contributed by atoms with van der Waals surface area (Å²) in [7, 11) is 0. The Labute approximate surface area is 278 Å². The van der Waals surface area contributed by atoms with E-state index in [0.717, 1.165) is 55.2 Å². The number of nitrogens with zero attached hydrogens (tertiary/aromatic N) is 7. The molecule has 0 aliphatic rings. The Morgan fingerprint density at radius 2 is 0.980 bits per heavy atom. The van der Waals surface area contributed by atoms with Crippen molar-refractivity contribution in [2.45, 2.75) is 0 Å². The van der Waals surface area contributed by atoms with Crippen molar-refractivity contribution >= 4 is 49.5 Å². The summed E-state index contributed by atoms with van der Waals surface area (Å²) in [6.45, 7) is 0. The standard InChI is InChI=1S/C41H25N7O/c49-39-30-21-11-13-23-33(30)48-35-24-31-29-20-10-12-22-32(29)47(34(31)25-36(35)46(41(48)45-39)28-18-8-3-9-19-28)40-43-37(26-14-4-1-5-15-26)42-38(44-40)27-16-6-2-7-17-27/h1-25H. The predicted molar refractivity (Wildman–Crippen MR) is 194 cm³/mol. The molecule has 0 spiro atoms. The van der Waals surface area contributed by atoms with Gasteiger partial charge in [0.1, 0.15) is 0 Å². The highest BCUT2D eigenvalue weighted by Crippen LogP contribution is 2.37. The Bertz CT molecular complexity index is 2890. The fraction of sp³-hybridized carbons (Fsp3) is 0. The van der Waals surface area contributed by atoms with Crippen LogP contribution < -0.4 is 5.56 Å². The largest absolute Gasteiger partial charge is 0.282 e. The average molecular weight is 632 g/mol. The van der Waals surface area contributed by atoms with Crippen LogP contribution in [0.2, 0.25) is 0 Å². The van der Waals surface area contributed by atoms with E-state index in [1.165, 1.54) is 0 Å². The summed E-state index contributed by atoms with van der Waals surface area (Å²) in [5.74, 6) is 2.23. The lowest BCUT2D eigenvalue weighted by Crippen LogP contribution is -2.11. The monoisotopic (exact) mass is 631 g/mol. The van der Waals surface area contributed by atoms with E-state index in [4.69, 9.17) is 15.0 Å². The summed E-state index contributed by atoms with van der Waals surface area (Å²) in [6.07, 6.45) is 0. The van der Waals surface area contributed by atoms with Gasteiger partial charge in [-0.2, -0.15) is 15.0 Å². The second-order valence-electron chi connectivity index (χ2n) is 12.0. The lowest BCUT2D eigenvalue weighted by molar-refractivity contribution is 0.953. The second-order valence-corrected chi connectivity index (χ2v) is 12.0. The van der Waals surface area contributed by atoms with Crippen LogP contribution in [0, 0.1) is 0 Å². The minimum Gasteiger partial charge on any atom is -0.278 e. The lowest BCUT2D eigenvalue weighted by atomic mass is 10.1. The number of rotatable bonds is 4. The van der Waals surface area contributed by atoms with Gasteiger partial charge in [0.15, 0.2) is 11.6 Å². The van der Waals surface area contributed by atoms with E-state index in [1.807, 2.05) is 121 Å². The van der Waals surface area contributed by atoms with E-state index in [-0.39, 0.29) is 5.56 Å². The topological polar surface area (TPSA) is 82.9 Å². The van der Waals surface area contributed by atoms with Crippen LogP contribution in [-0.2, 0) is 0 Å². The molecule has 8 nitrogen and oxygen atoms in total. The number of fused-ring (bicyclic) bond motifs is 8. The first kappa shape index (κ1) is 27.2. The molecule has 0 aliphatic heterocycles. The third-order valence-corrected chi connectivity index (χ3v) is 9.13. The van der Waals surface area contributed by atoms with Crippen molar-refractivity contribution in [2.24, 2.45) is 0 Å². The maximum absolute atomic E-state index is 13.4. The maximum Gasteiger partial charge on any atom is 0.282 e. The molecule has 0 saturated heterocycles. The van der Waals surface area contributed by atoms with Crippen molar-refractivity contribution in [3.63, 3.8) is 0 Å². The minimum absolute atomic E-state index is 0.262. The molecule has 0 unspecified atom stereocenters. The molecule has 4 heterocycles. The predicted octanol–water partition coefficient (Wildman–Crippen LogP) is 8.41. The number of hydrogen-bond donors (Lipinski definition) is 0. The van der Waals surface area contributed by atoms with Crippen molar-refractivity contribution in [2.75, 3.05) is 0 Å². The van der Waals surface area contributed by atoms with Crippen LogP contribution >= 0.6 is 0 Å². The van der Waals surface area contributed by atoms with Crippen molar-refractivity contribution in [3.05, 3.63) is 162 Å². The Morgan fingerprint density at radius 1 is 0.408 bits per heavy atom. The third kappa shape index (κ3) is 4.14. The first-order chi connectivity index (χ1) is 24.2. The number of aromatic nitrogens is 7. The van der Waals surface area contributed by atoms with Crippen LogP contribution in [0.4, 0.5) is 0 Å². The molecule has 10 rings (SSSR count). The molecule has 49 heavy (non-hydrogen) atoms. The Morgan fingerprint density at radius 3 is 1.65 bits per heavy atom. The first-order valence-corrected chi connectivity index (χ1v) is 16.0. The van der Waals surface area contributed by atoms with Gasteiger partial charge in [-0.3, -0.25) is 18.3 Å². The number of hydrogen-bond acceptors (Lipinski definition) is 5. The highest BCUT2D eigenvalue weighted by molar-refractivity contribution is 6.13. The van der Waals surface area contributed by atoms with Gasteiger partial charge >= 0.3 is 0 Å². The van der Waals surface area contributed by atoms with Crippen LogP contribution in [0.5, 0.6) is 0 Å². The Hall–Kier alpha value is -6.93. The van der Waals surface area contributed by atoms with Crippen LogP contribution in [0.3, 0.4) is 0 Å². The van der Waals surface area contributed by atoms with Crippen LogP contribution in [0.15, 0.2) is 156 Å². The van der Waals surface area contributed by atoms with Crippen LogP contribution in [0.1, 0.15) is 0 Å². The summed E-state index contributed by atoms with van der Waals surface area (Å²) in [5.41, 5.74) is 6.97. The van der Waals surface area contributed by atoms with E-state index in [0.29, 0.717) is 28.8 Å². The molecule has 0 saturated carbocycles. The van der Waals surface area contributed by atoms with Crippen molar-refractivity contribution < 1.29 is 0 Å². The zero-order chi connectivity index (χ0) is 32.5. The number of imidazole rings is 1. The fourth-order valence-corrected chi connectivity index (χ4v) is 6.95. The van der Waals surface area contributed by atoms with E-state index in [2.05, 4.69) is 48.9 Å². The minimum atomic E-state index is -0.262. The fourth-order valence-electron chi connectivity index (χ4n) is 6.95. The average Bonchev–Trinajstić information content (AvgIpc) is 3.66. The Kier molecular flexibility index (Phi) is 5.86. The molecule has 0 fully saturated rings. The molecule has 230 valence electrons. The Balaban J connectivity index is 1.37. The van der Waals surface area contributed by atoms with Crippen LogP contribution in [0.25, 0.3) is 83.9 Å². The summed E-state index contributed by atoms with van der Waals surface area (Å²) in [6, 6.07) is 50.4. The maximum atomic E-state index is 13.4. The highest BCUT2D eigenvalue weighted by atomic mass is 16.1. The van der Waals surface area contributed by atoms with Gasteiger partial charge in [-0.05, 0) is 42.5 Å².